The standard InChI is InChI=1S/C5H5N.CH3.FH.Na/c1-2-4-6-5-3-1;;;/h1-5H;1H3;1H;. The molecule has 1 aromatic heterocycles. The van der Waals surface area contributed by atoms with E-state index < -0.39 is 0 Å². The van der Waals surface area contributed by atoms with Crippen molar-refractivity contribution in [2.75, 3.05) is 0 Å². The fourth-order valence-corrected chi connectivity index (χ4v) is 0.313. The molecule has 0 spiro atoms. The van der Waals surface area contributed by atoms with Crippen molar-refractivity contribution in [2.45, 2.75) is 4.17 Å². The van der Waals surface area contributed by atoms with Crippen LogP contribution in [0.2, 0.25) is 4.17 Å². The van der Waals surface area contributed by atoms with Gasteiger partial charge in [-0.1, -0.05) is 6.07 Å². The van der Waals surface area contributed by atoms with E-state index in [1.165, 1.54) is 27.9 Å². The smallest absolute Gasteiger partial charge is 0.0267 e. The number of hydrogen-bond donors (Lipinski definition) is 0. The third-order valence-electron chi connectivity index (χ3n) is 0.566. The molecule has 0 saturated carbocycles. The summed E-state index contributed by atoms with van der Waals surface area (Å²) in [6.07, 6.45) is 3.50. The van der Waals surface area contributed by atoms with E-state index in [2.05, 4.69) is 9.16 Å². The molecule has 1 heterocycles. The van der Waals surface area contributed by atoms with Crippen LogP contribution in [0.15, 0.2) is 30.6 Å². The summed E-state index contributed by atoms with van der Waals surface area (Å²) in [5.74, 6) is 0. The van der Waals surface area contributed by atoms with E-state index in [0.717, 1.165) is 0 Å². The van der Waals surface area contributed by atoms with E-state index in [1.54, 1.807) is 12.4 Å². The van der Waals surface area contributed by atoms with Crippen LogP contribution in [0.5, 0.6) is 0 Å². The van der Waals surface area contributed by atoms with Gasteiger partial charge in [-0.15, -0.1) is 0 Å². The normalized spacial score (nSPS) is 6.11. The van der Waals surface area contributed by atoms with Crippen LogP contribution in [0.25, 0.3) is 0 Å². The Morgan fingerprint density at radius 3 is 1.56 bits per heavy atom. The van der Waals surface area contributed by atoms with Crippen LogP contribution in [0.4, 0.5) is 4.70 Å². The van der Waals surface area contributed by atoms with Crippen LogP contribution in [0.3, 0.4) is 0 Å². The quantitative estimate of drug-likeness (QED) is 0.493. The van der Waals surface area contributed by atoms with Crippen LogP contribution in [0.1, 0.15) is 0 Å². The van der Waals surface area contributed by atoms with Gasteiger partial charge in [0.2, 0.25) is 0 Å². The molecule has 0 radical (unpaired) electrons. The predicted octanol–water partition coefficient (Wildman–Crippen LogP) is 1.44. The van der Waals surface area contributed by atoms with Crippen molar-refractivity contribution < 1.29 is 4.70 Å². The Kier molecular flexibility index (Phi) is 14.4. The molecule has 0 fully saturated rings. The van der Waals surface area contributed by atoms with E-state index in [-0.39, 0.29) is 4.70 Å². The molecular formula is C6H9FNNa. The molecule has 1 nitrogen and oxygen atoms in total. The van der Waals surface area contributed by atoms with E-state index >= 15 is 0 Å². The first-order chi connectivity index (χ1) is 4.00. The minimum atomic E-state index is 0. The topological polar surface area (TPSA) is 12.9 Å². The molecule has 0 bridgehead atoms. The van der Waals surface area contributed by atoms with Crippen LogP contribution >= 0.6 is 0 Å². The number of aromatic nitrogens is 1. The van der Waals surface area contributed by atoms with Gasteiger partial charge in [0.1, 0.15) is 0 Å². The third-order valence-corrected chi connectivity index (χ3v) is 0.566. The maximum atomic E-state index is 3.78. The Hall–Kier alpha value is 0.0800. The Morgan fingerprint density at radius 1 is 1.00 bits per heavy atom. The molecule has 0 atom stereocenters. The molecule has 46 valence electrons. The van der Waals surface area contributed by atoms with E-state index in [0.29, 0.717) is 0 Å². The Balaban J connectivity index is 0. The third kappa shape index (κ3) is 8.08. The average Bonchev–Trinajstić information content (AvgIpc) is 1.96. The molecule has 0 unspecified atom stereocenters. The summed E-state index contributed by atoms with van der Waals surface area (Å²) in [4.78, 5) is 3.78. The molecule has 0 aliphatic heterocycles. The second kappa shape index (κ2) is 11.0. The van der Waals surface area contributed by atoms with Gasteiger partial charge in [-0.2, -0.15) is 0 Å². The van der Waals surface area contributed by atoms with Crippen molar-refractivity contribution in [3.05, 3.63) is 30.6 Å². The Labute approximate surface area is 72.3 Å². The molecular weight excluding hydrogens is 128 g/mol. The van der Waals surface area contributed by atoms with Gasteiger partial charge in [-0.3, -0.25) is 9.69 Å². The zero-order valence-electron chi connectivity index (χ0n) is 5.74. The minimum Gasteiger partial charge on any atom is -0.265 e. The van der Waals surface area contributed by atoms with Gasteiger partial charge in [0.25, 0.3) is 0 Å². The summed E-state index contributed by atoms with van der Waals surface area (Å²) in [5.41, 5.74) is 0. The van der Waals surface area contributed by atoms with Gasteiger partial charge in [-0.05, 0) is 12.1 Å². The molecule has 9 heavy (non-hydrogen) atoms. The number of hydrogen-bond acceptors (Lipinski definition) is 1. The zero-order chi connectivity index (χ0) is 6.24. The fraction of sp³-hybridized carbons (Fsp3) is 0.167. The number of nitrogens with zero attached hydrogens (tertiary/aromatic N) is 1. The van der Waals surface area contributed by atoms with Crippen molar-refractivity contribution >= 4 is 27.9 Å². The van der Waals surface area contributed by atoms with E-state index in [1.807, 2.05) is 18.2 Å². The van der Waals surface area contributed by atoms with Crippen molar-refractivity contribution in [3.63, 3.8) is 0 Å². The van der Waals surface area contributed by atoms with Crippen LogP contribution < -0.4 is 0 Å². The Bertz CT molecular complexity index is 85.0. The summed E-state index contributed by atoms with van der Waals surface area (Å²) in [6, 6.07) is 5.72. The monoisotopic (exact) mass is 137 g/mol. The number of pyridine rings is 1. The Morgan fingerprint density at radius 2 is 1.44 bits per heavy atom. The first-order valence-electron chi connectivity index (χ1n) is 2.85. The van der Waals surface area contributed by atoms with E-state index in [4.69, 9.17) is 0 Å². The zero-order valence-corrected chi connectivity index (χ0v) is 7.74. The average molecular weight is 137 g/mol. The van der Waals surface area contributed by atoms with Gasteiger partial charge >= 0.3 is 32.1 Å². The summed E-state index contributed by atoms with van der Waals surface area (Å²) < 4.78 is 2.14. The maximum absolute atomic E-state index is 3.78. The van der Waals surface area contributed by atoms with Gasteiger partial charge in [0.05, 0.1) is 0 Å². The SMILES string of the molecule is F.[CH3][Na].c1ccncc1. The second-order valence-electron chi connectivity index (χ2n) is 1.02. The summed E-state index contributed by atoms with van der Waals surface area (Å²) >= 11 is 1.31. The van der Waals surface area contributed by atoms with Gasteiger partial charge < -0.3 is 0 Å². The largest absolute Gasteiger partial charge is 0.265 e. The fourth-order valence-electron chi connectivity index (χ4n) is 0.313. The molecule has 0 amide bonds. The predicted molar refractivity (Wildman–Crippen MR) is 38.4 cm³/mol. The molecule has 0 aliphatic carbocycles. The molecule has 0 aliphatic rings. The first kappa shape index (κ1) is 11.8. The molecule has 1 aromatic rings. The van der Waals surface area contributed by atoms with Crippen molar-refractivity contribution in [1.29, 1.82) is 0 Å². The van der Waals surface area contributed by atoms with Gasteiger partial charge in [0, 0.05) is 12.4 Å². The minimum absolute atomic E-state index is 0. The van der Waals surface area contributed by atoms with Crippen molar-refractivity contribution in [1.82, 2.24) is 4.98 Å². The second-order valence-corrected chi connectivity index (χ2v) is 1.02. The molecule has 3 heteroatoms. The molecule has 0 N–H and O–H groups in total. The van der Waals surface area contributed by atoms with Crippen molar-refractivity contribution in [3.8, 4) is 0 Å². The first-order valence-corrected chi connectivity index (χ1v) is 4.85. The van der Waals surface area contributed by atoms with Crippen LogP contribution in [-0.2, 0) is 0 Å². The molecule has 0 aromatic carbocycles. The number of rotatable bonds is 0. The molecule has 0 saturated heterocycles. The van der Waals surface area contributed by atoms with Crippen LogP contribution in [0, 0.1) is 0 Å². The van der Waals surface area contributed by atoms with Gasteiger partial charge in [0.15, 0.2) is 0 Å². The van der Waals surface area contributed by atoms with E-state index in [9.17, 15) is 0 Å². The van der Waals surface area contributed by atoms with Crippen LogP contribution in [-0.4, -0.2) is 32.9 Å². The molecule has 1 rings (SSSR count). The summed E-state index contributed by atoms with van der Waals surface area (Å²) in [7, 11) is 0. The maximum Gasteiger partial charge on any atom is 0.0267 e. The summed E-state index contributed by atoms with van der Waals surface area (Å²) in [5, 5.41) is 0. The summed E-state index contributed by atoms with van der Waals surface area (Å²) in [6.45, 7) is 0. The number of halogens is 1. The van der Waals surface area contributed by atoms with Gasteiger partial charge in [-0.25, -0.2) is 0 Å². The van der Waals surface area contributed by atoms with Crippen molar-refractivity contribution in [2.24, 2.45) is 0 Å².